The van der Waals surface area contributed by atoms with E-state index in [0.717, 1.165) is 38.5 Å². The summed E-state index contributed by atoms with van der Waals surface area (Å²) in [5.41, 5.74) is 5.71. The maximum absolute atomic E-state index is 12.2. The average Bonchev–Trinajstić information content (AvgIpc) is 3.03. The Morgan fingerprint density at radius 1 is 1.09 bits per heavy atom. The van der Waals surface area contributed by atoms with Crippen molar-refractivity contribution in [3.05, 3.63) is 52.6 Å². The highest BCUT2D eigenvalue weighted by molar-refractivity contribution is 5.93. The first kappa shape index (κ1) is 21.5. The average molecular weight is 430 g/mol. The number of nitrogens with zero attached hydrogens (tertiary/aromatic N) is 1. The monoisotopic (exact) mass is 429 g/mol. The quantitative estimate of drug-likeness (QED) is 0.640. The molecule has 3 heteroatoms. The fraction of sp³-hybridized carbons (Fsp3) is 0.552. The molecule has 0 heterocycles. The Balaban J connectivity index is 1.67. The van der Waals surface area contributed by atoms with Gasteiger partial charge in [-0.05, 0) is 92.2 Å². The number of carbonyl (C=O) groups excluding carboxylic acids is 1. The molecule has 32 heavy (non-hydrogen) atoms. The predicted molar refractivity (Wildman–Crippen MR) is 129 cm³/mol. The Bertz CT molecular complexity index is 1070. The van der Waals surface area contributed by atoms with E-state index in [2.05, 4.69) is 62.0 Å². The predicted octanol–water partition coefficient (Wildman–Crippen LogP) is 5.41. The Kier molecular flexibility index (Phi) is 5.13. The summed E-state index contributed by atoms with van der Waals surface area (Å²) in [5, 5.41) is 11.7. The van der Waals surface area contributed by atoms with Gasteiger partial charge in [0.1, 0.15) is 5.60 Å². The fourth-order valence-corrected chi connectivity index (χ4v) is 7.38. The van der Waals surface area contributed by atoms with Crippen LogP contribution >= 0.6 is 0 Å². The first-order valence-electron chi connectivity index (χ1n) is 12.2. The van der Waals surface area contributed by atoms with Crippen molar-refractivity contribution in [1.82, 2.24) is 0 Å². The second-order valence-electron chi connectivity index (χ2n) is 10.8. The third-order valence-electron chi connectivity index (χ3n) is 9.03. The minimum absolute atomic E-state index is 0.221. The van der Waals surface area contributed by atoms with Crippen molar-refractivity contribution in [1.29, 1.82) is 0 Å². The summed E-state index contributed by atoms with van der Waals surface area (Å²) < 4.78 is 0. The molecule has 1 aromatic rings. The number of carbonyl (C=O) groups is 1. The van der Waals surface area contributed by atoms with Crippen LogP contribution in [-0.4, -0.2) is 30.6 Å². The number of hydrogen-bond acceptors (Lipinski definition) is 3. The van der Waals surface area contributed by atoms with Gasteiger partial charge in [-0.3, -0.25) is 4.79 Å². The van der Waals surface area contributed by atoms with Gasteiger partial charge in [-0.15, -0.1) is 5.92 Å². The topological polar surface area (TPSA) is 40.5 Å². The van der Waals surface area contributed by atoms with Gasteiger partial charge >= 0.3 is 0 Å². The fourth-order valence-electron chi connectivity index (χ4n) is 7.38. The van der Waals surface area contributed by atoms with Crippen LogP contribution in [0.25, 0.3) is 0 Å². The molecule has 1 aromatic carbocycles. The van der Waals surface area contributed by atoms with Gasteiger partial charge in [0, 0.05) is 37.5 Å². The highest BCUT2D eigenvalue weighted by Crippen LogP contribution is 2.66. The lowest BCUT2D eigenvalue weighted by molar-refractivity contribution is -0.114. The lowest BCUT2D eigenvalue weighted by Gasteiger charge is -2.53. The number of benzene rings is 1. The zero-order chi connectivity index (χ0) is 22.7. The number of aliphatic hydroxyl groups is 1. The van der Waals surface area contributed by atoms with E-state index in [4.69, 9.17) is 0 Å². The Morgan fingerprint density at radius 3 is 2.53 bits per heavy atom. The molecule has 2 fully saturated rings. The van der Waals surface area contributed by atoms with E-state index in [-0.39, 0.29) is 17.1 Å². The van der Waals surface area contributed by atoms with Crippen LogP contribution in [0, 0.1) is 29.1 Å². The molecular weight excluding hydrogens is 394 g/mol. The molecule has 1 N–H and O–H groups in total. The molecule has 3 unspecified atom stereocenters. The van der Waals surface area contributed by atoms with Gasteiger partial charge in [0.25, 0.3) is 0 Å². The van der Waals surface area contributed by atoms with E-state index in [1.165, 1.54) is 22.4 Å². The van der Waals surface area contributed by atoms with Crippen LogP contribution in [0.2, 0.25) is 0 Å². The summed E-state index contributed by atoms with van der Waals surface area (Å²) in [6.45, 7) is 4.15. The largest absolute Gasteiger partial charge is 0.378 e. The highest BCUT2D eigenvalue weighted by Gasteiger charge is 2.62. The van der Waals surface area contributed by atoms with Crippen LogP contribution in [0.4, 0.5) is 5.69 Å². The standard InChI is InChI=1S/C29H35NO2/c1-5-15-29(32)16-14-26-24-12-8-20-17-22(31)11-13-23(20)27(24)25(18-28(26,29)2)19-6-9-21(10-7-19)30(3)4/h6-7,9-10,17,24-26,32H,8,11-14,16,18H2,1-4H3/t24?,25?,26?,28-,29-/m1/s1. The molecule has 168 valence electrons. The number of fused-ring (bicyclic) bond motifs is 4. The summed E-state index contributed by atoms with van der Waals surface area (Å²) in [6, 6.07) is 8.97. The summed E-state index contributed by atoms with van der Waals surface area (Å²) >= 11 is 0. The van der Waals surface area contributed by atoms with Crippen molar-refractivity contribution in [2.75, 3.05) is 19.0 Å². The Labute approximate surface area is 192 Å². The number of anilines is 1. The van der Waals surface area contributed by atoms with Crippen molar-refractivity contribution in [2.24, 2.45) is 17.3 Å². The van der Waals surface area contributed by atoms with Crippen molar-refractivity contribution >= 4 is 11.5 Å². The normalized spacial score (nSPS) is 35.8. The molecule has 0 aliphatic heterocycles. The molecule has 5 atom stereocenters. The molecule has 3 nitrogen and oxygen atoms in total. The molecule has 2 saturated carbocycles. The minimum atomic E-state index is -0.914. The molecule has 0 radical (unpaired) electrons. The van der Waals surface area contributed by atoms with E-state index in [9.17, 15) is 9.90 Å². The Hall–Kier alpha value is -2.31. The van der Waals surface area contributed by atoms with Crippen LogP contribution in [0.1, 0.15) is 70.3 Å². The molecule has 4 aliphatic rings. The summed E-state index contributed by atoms with van der Waals surface area (Å²) in [7, 11) is 4.14. The number of rotatable bonds is 2. The van der Waals surface area contributed by atoms with Gasteiger partial charge in [0.15, 0.2) is 5.78 Å². The zero-order valence-electron chi connectivity index (χ0n) is 19.9. The molecule has 4 aliphatic carbocycles. The van der Waals surface area contributed by atoms with Crippen molar-refractivity contribution < 1.29 is 9.90 Å². The van der Waals surface area contributed by atoms with Gasteiger partial charge < -0.3 is 10.0 Å². The summed E-state index contributed by atoms with van der Waals surface area (Å²) in [5.74, 6) is 7.76. The lowest BCUT2D eigenvalue weighted by Crippen LogP contribution is -2.51. The van der Waals surface area contributed by atoms with Crippen molar-refractivity contribution in [3.8, 4) is 11.8 Å². The minimum Gasteiger partial charge on any atom is -0.378 e. The first-order valence-corrected chi connectivity index (χ1v) is 12.2. The van der Waals surface area contributed by atoms with E-state index in [0.29, 0.717) is 18.3 Å². The molecule has 0 spiro atoms. The molecular formula is C29H35NO2. The molecule has 0 bridgehead atoms. The molecule has 0 saturated heterocycles. The van der Waals surface area contributed by atoms with Gasteiger partial charge in [-0.1, -0.05) is 30.6 Å². The summed E-state index contributed by atoms with van der Waals surface area (Å²) in [6.07, 6.45) is 8.23. The number of allylic oxidation sites excluding steroid dienone is 4. The third-order valence-corrected chi connectivity index (χ3v) is 9.03. The second-order valence-corrected chi connectivity index (χ2v) is 10.8. The smallest absolute Gasteiger partial charge is 0.156 e. The van der Waals surface area contributed by atoms with E-state index in [1.807, 2.05) is 13.0 Å². The van der Waals surface area contributed by atoms with E-state index in [1.54, 1.807) is 5.57 Å². The van der Waals surface area contributed by atoms with Gasteiger partial charge in [0.05, 0.1) is 0 Å². The molecule has 0 aromatic heterocycles. The van der Waals surface area contributed by atoms with Gasteiger partial charge in [-0.25, -0.2) is 0 Å². The zero-order valence-corrected chi connectivity index (χ0v) is 19.9. The summed E-state index contributed by atoms with van der Waals surface area (Å²) in [4.78, 5) is 14.3. The van der Waals surface area contributed by atoms with Crippen LogP contribution in [0.3, 0.4) is 0 Å². The molecule has 0 amide bonds. The first-order chi connectivity index (χ1) is 15.3. The van der Waals surface area contributed by atoms with Crippen LogP contribution in [0.15, 0.2) is 47.1 Å². The maximum atomic E-state index is 12.2. The highest BCUT2D eigenvalue weighted by atomic mass is 16.3. The van der Waals surface area contributed by atoms with E-state index >= 15 is 0 Å². The van der Waals surface area contributed by atoms with Gasteiger partial charge in [0.2, 0.25) is 0 Å². The SMILES string of the molecule is CC#C[C@@]1(O)CCC2C3CCC4=CC(=O)CCC4=C3C(c3ccc(N(C)C)cc3)C[C@]21C. The second kappa shape index (κ2) is 7.63. The van der Waals surface area contributed by atoms with Gasteiger partial charge in [-0.2, -0.15) is 0 Å². The number of ketones is 1. The molecule has 5 rings (SSSR count). The van der Waals surface area contributed by atoms with Crippen LogP contribution in [-0.2, 0) is 4.79 Å². The lowest BCUT2D eigenvalue weighted by atomic mass is 9.51. The van der Waals surface area contributed by atoms with Crippen LogP contribution in [0.5, 0.6) is 0 Å². The van der Waals surface area contributed by atoms with Crippen molar-refractivity contribution in [2.45, 2.75) is 70.3 Å². The third kappa shape index (κ3) is 3.11. The Morgan fingerprint density at radius 2 is 1.84 bits per heavy atom. The number of hydrogen-bond donors (Lipinski definition) is 1. The van der Waals surface area contributed by atoms with E-state index < -0.39 is 5.60 Å². The van der Waals surface area contributed by atoms with Crippen molar-refractivity contribution in [3.63, 3.8) is 0 Å². The van der Waals surface area contributed by atoms with Crippen LogP contribution < -0.4 is 4.90 Å². The maximum Gasteiger partial charge on any atom is 0.156 e.